The number of carboxylic acid groups (broad SMARTS) is 1. The second kappa shape index (κ2) is 5.67. The summed E-state index contributed by atoms with van der Waals surface area (Å²) in [4.78, 5) is 23.6. The van der Waals surface area contributed by atoms with Crippen LogP contribution in [0, 0.1) is 0 Å². The smallest absolute Gasteiger partial charge is 0.307 e. The molecule has 0 unspecified atom stereocenters. The number of carbonyl (C=O) groups is 2. The number of carbonyl (C=O) groups excluding carboxylic acids is 1. The number of nitrogens with one attached hydrogen (secondary N) is 2. The van der Waals surface area contributed by atoms with E-state index in [1.54, 1.807) is 7.05 Å². The van der Waals surface area contributed by atoms with Crippen LogP contribution in [0.1, 0.15) is 27.7 Å². The summed E-state index contributed by atoms with van der Waals surface area (Å²) in [5.41, 5.74) is 1.08. The molecule has 0 bridgehead atoms. The molecular weight excluding hydrogens is 240 g/mol. The number of aliphatic carboxylic acids is 1. The van der Waals surface area contributed by atoms with Crippen LogP contribution in [0.15, 0.2) is 0 Å². The van der Waals surface area contributed by atoms with E-state index >= 15 is 0 Å². The molecule has 0 spiro atoms. The van der Waals surface area contributed by atoms with Crippen molar-refractivity contribution < 1.29 is 14.7 Å². The Morgan fingerprint density at radius 3 is 2.41 bits per heavy atom. The molecular formula is C11H16N2O3S. The van der Waals surface area contributed by atoms with Gasteiger partial charge in [0.1, 0.15) is 5.00 Å². The fourth-order valence-corrected chi connectivity index (χ4v) is 2.79. The molecule has 0 aliphatic rings. The van der Waals surface area contributed by atoms with Gasteiger partial charge in [0, 0.05) is 19.0 Å². The van der Waals surface area contributed by atoms with Crippen molar-refractivity contribution in [2.75, 3.05) is 19.4 Å². The van der Waals surface area contributed by atoms with E-state index in [1.807, 2.05) is 6.92 Å². The minimum absolute atomic E-state index is 0.121. The van der Waals surface area contributed by atoms with Crippen molar-refractivity contribution in [2.45, 2.75) is 19.8 Å². The van der Waals surface area contributed by atoms with E-state index in [9.17, 15) is 9.59 Å². The highest BCUT2D eigenvalue weighted by Gasteiger charge is 2.23. The number of rotatable bonds is 5. The Labute approximate surface area is 104 Å². The number of aryl methyl sites for hydroxylation is 1. The standard InChI is InChI=1S/C11H16N2O3S/c1-4-7-6(5-8(14)15)9(10(16)12-2)11(13-3)17-7/h13H,4-5H2,1-3H3,(H,12,16)(H,14,15). The van der Waals surface area contributed by atoms with Gasteiger partial charge in [-0.15, -0.1) is 11.3 Å². The first-order valence-electron chi connectivity index (χ1n) is 5.31. The van der Waals surface area contributed by atoms with E-state index in [2.05, 4.69) is 10.6 Å². The zero-order valence-corrected chi connectivity index (χ0v) is 10.9. The molecule has 0 fully saturated rings. The van der Waals surface area contributed by atoms with E-state index in [-0.39, 0.29) is 12.3 Å². The molecule has 0 saturated heterocycles. The molecule has 17 heavy (non-hydrogen) atoms. The normalized spacial score (nSPS) is 10.1. The molecule has 0 radical (unpaired) electrons. The summed E-state index contributed by atoms with van der Waals surface area (Å²) >= 11 is 1.44. The second-order valence-electron chi connectivity index (χ2n) is 3.46. The zero-order valence-electron chi connectivity index (χ0n) is 10.1. The van der Waals surface area contributed by atoms with E-state index in [4.69, 9.17) is 5.11 Å². The van der Waals surface area contributed by atoms with E-state index in [0.29, 0.717) is 11.1 Å². The molecule has 3 N–H and O–H groups in total. The number of amides is 1. The molecule has 94 valence electrons. The number of hydrogen-bond donors (Lipinski definition) is 3. The van der Waals surface area contributed by atoms with Crippen molar-refractivity contribution in [3.8, 4) is 0 Å². The second-order valence-corrected chi connectivity index (χ2v) is 4.57. The van der Waals surface area contributed by atoms with E-state index < -0.39 is 5.97 Å². The Balaban J connectivity index is 3.34. The lowest BCUT2D eigenvalue weighted by molar-refractivity contribution is -0.136. The minimum atomic E-state index is -0.926. The van der Waals surface area contributed by atoms with Gasteiger partial charge in [-0.2, -0.15) is 0 Å². The maximum Gasteiger partial charge on any atom is 0.307 e. The van der Waals surface area contributed by atoms with Crippen LogP contribution in [0.2, 0.25) is 0 Å². The molecule has 1 heterocycles. The topological polar surface area (TPSA) is 78.4 Å². The van der Waals surface area contributed by atoms with Crippen LogP contribution in [0.4, 0.5) is 5.00 Å². The van der Waals surface area contributed by atoms with Gasteiger partial charge in [0.15, 0.2) is 0 Å². The highest BCUT2D eigenvalue weighted by atomic mass is 32.1. The van der Waals surface area contributed by atoms with Crippen LogP contribution < -0.4 is 10.6 Å². The highest BCUT2D eigenvalue weighted by molar-refractivity contribution is 7.16. The van der Waals surface area contributed by atoms with Crippen molar-refractivity contribution in [3.05, 3.63) is 16.0 Å². The third-order valence-corrected chi connectivity index (χ3v) is 3.81. The fraction of sp³-hybridized carbons (Fsp3) is 0.455. The van der Waals surface area contributed by atoms with Gasteiger partial charge >= 0.3 is 5.97 Å². The van der Waals surface area contributed by atoms with Crippen molar-refractivity contribution in [1.29, 1.82) is 0 Å². The summed E-state index contributed by atoms with van der Waals surface area (Å²) in [7, 11) is 3.26. The average molecular weight is 256 g/mol. The van der Waals surface area contributed by atoms with Crippen LogP contribution in [0.5, 0.6) is 0 Å². The van der Waals surface area contributed by atoms with E-state index in [1.165, 1.54) is 18.4 Å². The third kappa shape index (κ3) is 2.76. The van der Waals surface area contributed by atoms with Crippen LogP contribution >= 0.6 is 11.3 Å². The molecule has 0 aliphatic heterocycles. The van der Waals surface area contributed by atoms with Gasteiger partial charge in [-0.3, -0.25) is 9.59 Å². The van der Waals surface area contributed by atoms with Gasteiger partial charge in [-0.1, -0.05) is 6.92 Å². The van der Waals surface area contributed by atoms with Crippen molar-refractivity contribution >= 4 is 28.2 Å². The molecule has 0 aliphatic carbocycles. The van der Waals surface area contributed by atoms with E-state index in [0.717, 1.165) is 16.3 Å². The first-order chi connectivity index (χ1) is 8.04. The van der Waals surface area contributed by atoms with Gasteiger partial charge in [-0.05, 0) is 12.0 Å². The molecule has 0 aromatic carbocycles. The molecule has 1 amide bonds. The first-order valence-corrected chi connectivity index (χ1v) is 6.12. The summed E-state index contributed by atoms with van der Waals surface area (Å²) < 4.78 is 0. The minimum Gasteiger partial charge on any atom is -0.481 e. The molecule has 1 rings (SSSR count). The van der Waals surface area contributed by atoms with Crippen LogP contribution in [-0.4, -0.2) is 31.1 Å². The average Bonchev–Trinajstić information content (AvgIpc) is 2.65. The molecule has 0 saturated carbocycles. The Kier molecular flexibility index (Phi) is 4.51. The summed E-state index contributed by atoms with van der Waals surface area (Å²) in [5.74, 6) is -1.17. The van der Waals surface area contributed by atoms with Gasteiger partial charge in [0.2, 0.25) is 0 Å². The summed E-state index contributed by atoms with van der Waals surface area (Å²) in [6.07, 6.45) is 0.600. The lowest BCUT2D eigenvalue weighted by Crippen LogP contribution is -2.20. The SMILES string of the molecule is CCc1sc(NC)c(C(=O)NC)c1CC(=O)O. The molecule has 5 nitrogen and oxygen atoms in total. The third-order valence-electron chi connectivity index (χ3n) is 2.42. The van der Waals surface area contributed by atoms with Gasteiger partial charge in [0.05, 0.1) is 12.0 Å². The number of carboxylic acids is 1. The highest BCUT2D eigenvalue weighted by Crippen LogP contribution is 2.34. The van der Waals surface area contributed by atoms with Gasteiger partial charge in [-0.25, -0.2) is 0 Å². The lowest BCUT2D eigenvalue weighted by Gasteiger charge is -2.05. The maximum atomic E-state index is 11.8. The Morgan fingerprint density at radius 1 is 1.35 bits per heavy atom. The lowest BCUT2D eigenvalue weighted by atomic mass is 10.0. The number of anilines is 1. The van der Waals surface area contributed by atoms with Crippen LogP contribution in [-0.2, 0) is 17.6 Å². The largest absolute Gasteiger partial charge is 0.481 e. The van der Waals surface area contributed by atoms with Crippen molar-refractivity contribution in [3.63, 3.8) is 0 Å². The summed E-state index contributed by atoms with van der Waals surface area (Å²) in [5, 5.41) is 15.1. The molecule has 6 heteroatoms. The number of thiophene rings is 1. The first kappa shape index (κ1) is 13.5. The molecule has 1 aromatic heterocycles. The fourth-order valence-electron chi connectivity index (χ4n) is 1.68. The Bertz CT molecular complexity index is 440. The zero-order chi connectivity index (χ0) is 13.0. The van der Waals surface area contributed by atoms with Crippen LogP contribution in [0.25, 0.3) is 0 Å². The van der Waals surface area contributed by atoms with Crippen molar-refractivity contribution in [1.82, 2.24) is 5.32 Å². The Morgan fingerprint density at radius 2 is 2.00 bits per heavy atom. The Hall–Kier alpha value is -1.56. The van der Waals surface area contributed by atoms with Gasteiger partial charge in [0.25, 0.3) is 5.91 Å². The predicted molar refractivity (Wildman–Crippen MR) is 68.0 cm³/mol. The monoisotopic (exact) mass is 256 g/mol. The molecule has 0 atom stereocenters. The summed E-state index contributed by atoms with van der Waals surface area (Å²) in [6, 6.07) is 0. The van der Waals surface area contributed by atoms with Crippen molar-refractivity contribution in [2.24, 2.45) is 0 Å². The summed E-state index contributed by atoms with van der Waals surface area (Å²) in [6.45, 7) is 1.95. The predicted octanol–water partition coefficient (Wildman–Crippen LogP) is 1.34. The number of hydrogen-bond acceptors (Lipinski definition) is 4. The van der Waals surface area contributed by atoms with Crippen LogP contribution in [0.3, 0.4) is 0 Å². The van der Waals surface area contributed by atoms with Gasteiger partial charge < -0.3 is 15.7 Å². The maximum absolute atomic E-state index is 11.8. The molecule has 1 aromatic rings. The quantitative estimate of drug-likeness (QED) is 0.743.